The van der Waals surface area contributed by atoms with Gasteiger partial charge in [-0.15, -0.1) is 0 Å². The Morgan fingerprint density at radius 2 is 1.86 bits per heavy atom. The van der Waals surface area contributed by atoms with Gasteiger partial charge in [-0.1, -0.05) is 23.8 Å². The number of pyridine rings is 1. The molecule has 1 aromatic heterocycles. The molecule has 0 spiro atoms. The van der Waals surface area contributed by atoms with Gasteiger partial charge in [0.1, 0.15) is 10.4 Å². The molecule has 1 aromatic carbocycles. The molecule has 8 heteroatoms. The molecular weight excluding hydrogens is 374 g/mol. The molecule has 2 rings (SSSR count). The van der Waals surface area contributed by atoms with Crippen molar-refractivity contribution in [2.24, 2.45) is 0 Å². The maximum atomic E-state index is 12.1. The Morgan fingerprint density at radius 3 is 2.48 bits per heavy atom. The first kappa shape index (κ1) is 15.9. The molecule has 21 heavy (non-hydrogen) atoms. The van der Waals surface area contributed by atoms with Gasteiger partial charge in [-0.2, -0.15) is 0 Å². The van der Waals surface area contributed by atoms with Crippen LogP contribution in [0.3, 0.4) is 0 Å². The Kier molecular flexibility index (Phi) is 4.92. The summed E-state index contributed by atoms with van der Waals surface area (Å²) in [6.07, 6.45) is 0. The van der Waals surface area contributed by atoms with Crippen molar-refractivity contribution in [2.75, 3.05) is 5.32 Å². The number of anilines is 1. The summed E-state index contributed by atoms with van der Waals surface area (Å²) in [7, 11) is -3.70. The van der Waals surface area contributed by atoms with Crippen LogP contribution in [0.4, 0.5) is 5.82 Å². The van der Waals surface area contributed by atoms with E-state index in [0.29, 0.717) is 10.4 Å². The van der Waals surface area contributed by atoms with Crippen LogP contribution in [0.25, 0.3) is 0 Å². The molecule has 0 unspecified atom stereocenters. The van der Waals surface area contributed by atoms with E-state index in [-0.39, 0.29) is 10.0 Å². The number of nitrogens with one attached hydrogen (secondary N) is 2. The summed E-state index contributed by atoms with van der Waals surface area (Å²) in [5, 5.41) is 2.68. The van der Waals surface area contributed by atoms with Crippen molar-refractivity contribution in [1.82, 2.24) is 9.71 Å². The van der Waals surface area contributed by atoms with E-state index in [0.717, 1.165) is 5.56 Å². The molecule has 110 valence electrons. The van der Waals surface area contributed by atoms with Crippen molar-refractivity contribution in [1.29, 1.82) is 0 Å². The number of nitrogens with zero attached hydrogens (tertiary/aromatic N) is 1. The number of halogens is 1. The normalized spacial score (nSPS) is 11.0. The van der Waals surface area contributed by atoms with Crippen LogP contribution in [0.2, 0.25) is 0 Å². The molecule has 2 aromatic rings. The zero-order valence-corrected chi connectivity index (χ0v) is 14.2. The minimum Gasteiger partial charge on any atom is -0.317 e. The summed E-state index contributed by atoms with van der Waals surface area (Å²) in [5.74, 6) is 0.445. The highest BCUT2D eigenvalue weighted by Gasteiger charge is 2.15. The van der Waals surface area contributed by atoms with Gasteiger partial charge in [0.15, 0.2) is 5.11 Å². The fourth-order valence-electron chi connectivity index (χ4n) is 1.52. The minimum atomic E-state index is -3.70. The second kappa shape index (κ2) is 6.50. The van der Waals surface area contributed by atoms with E-state index in [2.05, 4.69) is 31.0 Å². The quantitative estimate of drug-likeness (QED) is 0.627. The lowest BCUT2D eigenvalue weighted by molar-refractivity contribution is 0.593. The zero-order valence-electron chi connectivity index (χ0n) is 11.0. The van der Waals surface area contributed by atoms with Gasteiger partial charge in [0.05, 0.1) is 4.90 Å². The van der Waals surface area contributed by atoms with E-state index in [1.54, 1.807) is 30.3 Å². The predicted molar refractivity (Wildman–Crippen MR) is 89.7 cm³/mol. The standard InChI is InChI=1S/C13H12BrN3O2S2/c1-9-5-7-10(8-6-9)21(18,19)17-13(20)16-12-4-2-3-11(14)15-12/h2-8H,1H3,(H2,15,16,17,20). The van der Waals surface area contributed by atoms with E-state index < -0.39 is 10.0 Å². The number of sulfonamides is 1. The fourth-order valence-corrected chi connectivity index (χ4v) is 3.20. The van der Waals surface area contributed by atoms with Gasteiger partial charge in [0.2, 0.25) is 0 Å². The molecular formula is C13H12BrN3O2S2. The zero-order chi connectivity index (χ0) is 15.5. The van der Waals surface area contributed by atoms with E-state index in [4.69, 9.17) is 12.2 Å². The maximum Gasteiger partial charge on any atom is 0.263 e. The molecule has 0 amide bonds. The first-order valence-corrected chi connectivity index (χ1v) is 8.58. The van der Waals surface area contributed by atoms with Crippen LogP contribution in [0.5, 0.6) is 0 Å². The van der Waals surface area contributed by atoms with Gasteiger partial charge >= 0.3 is 0 Å². The van der Waals surface area contributed by atoms with Crippen molar-refractivity contribution in [3.63, 3.8) is 0 Å². The summed E-state index contributed by atoms with van der Waals surface area (Å²) >= 11 is 8.22. The third-order valence-corrected chi connectivity index (χ3v) is 4.66. The van der Waals surface area contributed by atoms with E-state index in [9.17, 15) is 8.42 Å². The number of benzene rings is 1. The molecule has 0 atom stereocenters. The fraction of sp³-hybridized carbons (Fsp3) is 0.0769. The molecule has 0 aliphatic rings. The number of hydrogen-bond acceptors (Lipinski definition) is 4. The summed E-state index contributed by atoms with van der Waals surface area (Å²) in [5.41, 5.74) is 0.980. The lowest BCUT2D eigenvalue weighted by Gasteiger charge is -2.11. The third kappa shape index (κ3) is 4.48. The average Bonchev–Trinajstić information content (AvgIpc) is 2.38. The molecule has 0 fully saturated rings. The Labute approximate surface area is 137 Å². The Balaban J connectivity index is 2.09. The van der Waals surface area contributed by atoms with Crippen LogP contribution in [0, 0.1) is 6.92 Å². The first-order chi connectivity index (χ1) is 9.87. The molecule has 0 aliphatic heterocycles. The van der Waals surface area contributed by atoms with Gasteiger partial charge in [-0.25, -0.2) is 13.4 Å². The number of rotatable bonds is 3. The van der Waals surface area contributed by atoms with Crippen LogP contribution in [0.1, 0.15) is 5.56 Å². The van der Waals surface area contributed by atoms with Gasteiger partial charge < -0.3 is 5.32 Å². The smallest absolute Gasteiger partial charge is 0.263 e. The molecule has 1 heterocycles. The molecule has 2 N–H and O–H groups in total. The van der Waals surface area contributed by atoms with Crippen molar-refractivity contribution >= 4 is 49.1 Å². The minimum absolute atomic E-state index is 0.0406. The third-order valence-electron chi connectivity index (χ3n) is 2.52. The predicted octanol–water partition coefficient (Wildman–Crippen LogP) is 2.83. The van der Waals surface area contributed by atoms with Crippen LogP contribution >= 0.6 is 28.1 Å². The molecule has 0 radical (unpaired) electrons. The number of aromatic nitrogens is 1. The van der Waals surface area contributed by atoms with Crippen LogP contribution in [-0.2, 0) is 10.0 Å². The van der Waals surface area contributed by atoms with Gasteiger partial charge in [0.25, 0.3) is 10.0 Å². The van der Waals surface area contributed by atoms with Crippen LogP contribution in [-0.4, -0.2) is 18.5 Å². The van der Waals surface area contributed by atoms with E-state index >= 15 is 0 Å². The lowest BCUT2D eigenvalue weighted by Crippen LogP contribution is -2.34. The summed E-state index contributed by atoms with van der Waals surface area (Å²) < 4.78 is 27.2. The number of hydrogen-bond donors (Lipinski definition) is 2. The highest BCUT2D eigenvalue weighted by atomic mass is 79.9. The van der Waals surface area contributed by atoms with Crippen molar-refractivity contribution in [2.45, 2.75) is 11.8 Å². The van der Waals surface area contributed by atoms with Crippen LogP contribution in [0.15, 0.2) is 52.0 Å². The van der Waals surface area contributed by atoms with Crippen LogP contribution < -0.4 is 10.0 Å². The monoisotopic (exact) mass is 385 g/mol. The largest absolute Gasteiger partial charge is 0.317 e. The van der Waals surface area contributed by atoms with E-state index in [1.807, 2.05) is 6.92 Å². The number of aryl methyl sites for hydroxylation is 1. The second-order valence-corrected chi connectivity index (χ2v) is 7.12. The van der Waals surface area contributed by atoms with Gasteiger partial charge in [0, 0.05) is 0 Å². The summed E-state index contributed by atoms with van der Waals surface area (Å²) in [4.78, 5) is 4.26. The van der Waals surface area contributed by atoms with Crippen molar-refractivity contribution in [3.8, 4) is 0 Å². The second-order valence-electron chi connectivity index (χ2n) is 4.22. The van der Waals surface area contributed by atoms with Crippen molar-refractivity contribution in [3.05, 3.63) is 52.6 Å². The summed E-state index contributed by atoms with van der Waals surface area (Å²) in [6.45, 7) is 1.88. The molecule has 0 saturated carbocycles. The highest BCUT2D eigenvalue weighted by Crippen LogP contribution is 2.12. The molecule has 5 nitrogen and oxygen atoms in total. The topological polar surface area (TPSA) is 71.1 Å². The molecule has 0 aliphatic carbocycles. The maximum absolute atomic E-state index is 12.1. The number of thiocarbonyl (C=S) groups is 1. The Morgan fingerprint density at radius 1 is 1.19 bits per heavy atom. The van der Waals surface area contributed by atoms with Gasteiger partial charge in [-0.05, 0) is 59.3 Å². The van der Waals surface area contributed by atoms with E-state index in [1.165, 1.54) is 12.1 Å². The SMILES string of the molecule is Cc1ccc(S(=O)(=O)NC(=S)Nc2cccc(Br)n2)cc1. The van der Waals surface area contributed by atoms with Crippen molar-refractivity contribution < 1.29 is 8.42 Å². The molecule has 0 bridgehead atoms. The Bertz CT molecular complexity index is 761. The Hall–Kier alpha value is -1.51. The first-order valence-electron chi connectivity index (χ1n) is 5.90. The average molecular weight is 386 g/mol. The van der Waals surface area contributed by atoms with Gasteiger partial charge in [-0.3, -0.25) is 4.72 Å². The summed E-state index contributed by atoms with van der Waals surface area (Å²) in [6, 6.07) is 11.7. The molecule has 0 saturated heterocycles. The highest BCUT2D eigenvalue weighted by molar-refractivity contribution is 9.10. The lowest BCUT2D eigenvalue weighted by atomic mass is 10.2.